The molecule has 0 radical (unpaired) electrons. The van der Waals surface area contributed by atoms with E-state index >= 15 is 0 Å². The zero-order chi connectivity index (χ0) is 23.1. The number of nitrogens with zero attached hydrogens (tertiary/aromatic N) is 3. The molecule has 2 aromatic carbocycles. The van der Waals surface area contributed by atoms with Gasteiger partial charge in [0.05, 0.1) is 48.3 Å². The minimum Gasteiger partial charge on any atom is -0.497 e. The van der Waals surface area contributed by atoms with Crippen LogP contribution in [-0.2, 0) is 11.0 Å². The van der Waals surface area contributed by atoms with E-state index in [2.05, 4.69) is 49.9 Å². The van der Waals surface area contributed by atoms with Gasteiger partial charge in [-0.15, -0.1) is 11.3 Å². The molecule has 0 saturated carbocycles. The second-order valence-electron chi connectivity index (χ2n) is 9.33. The molecule has 0 spiro atoms. The number of methoxy groups -OCH3 is 2. The third-order valence-electron chi connectivity index (χ3n) is 6.13. The fourth-order valence-electron chi connectivity index (χ4n) is 3.14. The van der Waals surface area contributed by atoms with Crippen molar-refractivity contribution in [1.29, 1.82) is 0 Å². The maximum Gasteiger partial charge on any atom is 0.232 e. The van der Waals surface area contributed by atoms with Gasteiger partial charge in [-0.25, -0.2) is 15.0 Å². The lowest BCUT2D eigenvalue weighted by atomic mass is 10.1. The Morgan fingerprint density at radius 2 is 1.75 bits per heavy atom. The van der Waals surface area contributed by atoms with Crippen LogP contribution >= 0.6 is 11.3 Å². The first-order valence-electron chi connectivity index (χ1n) is 10.5. The molecular formula is C24H29N3O3SSi. The average molecular weight is 468 g/mol. The van der Waals surface area contributed by atoms with Crippen LogP contribution in [-0.4, -0.2) is 37.5 Å². The van der Waals surface area contributed by atoms with Gasteiger partial charge in [0.15, 0.2) is 8.32 Å². The van der Waals surface area contributed by atoms with Gasteiger partial charge in [0.2, 0.25) is 5.88 Å². The molecule has 2 aromatic heterocycles. The molecule has 0 aliphatic heterocycles. The Bertz CT molecular complexity index is 1280. The van der Waals surface area contributed by atoms with Crippen LogP contribution in [0.25, 0.3) is 31.8 Å². The molecule has 4 rings (SSSR count). The summed E-state index contributed by atoms with van der Waals surface area (Å²) in [5.41, 5.74) is 4.51. The lowest BCUT2D eigenvalue weighted by molar-refractivity contribution is 0.276. The summed E-state index contributed by atoms with van der Waals surface area (Å²) >= 11 is 1.62. The van der Waals surface area contributed by atoms with E-state index in [0.717, 1.165) is 43.1 Å². The minimum absolute atomic E-state index is 0.141. The van der Waals surface area contributed by atoms with Gasteiger partial charge in [0.1, 0.15) is 10.8 Å². The molecule has 0 aliphatic rings. The number of benzene rings is 2. The maximum absolute atomic E-state index is 6.49. The number of rotatable bonds is 6. The van der Waals surface area contributed by atoms with Crippen LogP contribution in [0.15, 0.2) is 36.5 Å². The summed E-state index contributed by atoms with van der Waals surface area (Å²) in [6.07, 6.45) is 1.65. The summed E-state index contributed by atoms with van der Waals surface area (Å²) in [7, 11) is 1.38. The number of aromatic nitrogens is 3. The smallest absolute Gasteiger partial charge is 0.232 e. The van der Waals surface area contributed by atoms with Crippen LogP contribution in [0.3, 0.4) is 0 Å². The minimum atomic E-state index is -1.89. The van der Waals surface area contributed by atoms with Crippen molar-refractivity contribution in [3.8, 4) is 22.2 Å². The van der Waals surface area contributed by atoms with E-state index in [1.54, 1.807) is 31.8 Å². The largest absolute Gasteiger partial charge is 0.497 e. The van der Waals surface area contributed by atoms with E-state index in [9.17, 15) is 0 Å². The SMILES string of the molecule is COc1ccc2nc(-c3cc(CO[Si](C)(C)C(C)(C)C)cc4nc(OC)cnc34)sc2c1. The molecule has 0 fully saturated rings. The number of hydrogen-bond acceptors (Lipinski definition) is 7. The van der Waals surface area contributed by atoms with Gasteiger partial charge in [-0.05, 0) is 54.0 Å². The third-order valence-corrected chi connectivity index (χ3v) is 11.7. The molecule has 2 heterocycles. The molecule has 6 nitrogen and oxygen atoms in total. The van der Waals surface area contributed by atoms with Crippen LogP contribution in [0.4, 0.5) is 0 Å². The van der Waals surface area contributed by atoms with E-state index in [-0.39, 0.29) is 5.04 Å². The lowest BCUT2D eigenvalue weighted by Gasteiger charge is -2.36. The predicted molar refractivity (Wildman–Crippen MR) is 133 cm³/mol. The van der Waals surface area contributed by atoms with E-state index in [0.29, 0.717) is 12.5 Å². The van der Waals surface area contributed by atoms with Gasteiger partial charge in [-0.3, -0.25) is 0 Å². The molecule has 0 atom stereocenters. The van der Waals surface area contributed by atoms with Crippen molar-refractivity contribution in [2.75, 3.05) is 14.2 Å². The Morgan fingerprint density at radius 3 is 2.44 bits per heavy atom. The second-order valence-corrected chi connectivity index (χ2v) is 15.2. The van der Waals surface area contributed by atoms with E-state index in [4.69, 9.17) is 18.9 Å². The molecule has 0 N–H and O–H groups in total. The second kappa shape index (κ2) is 8.42. The Morgan fingerprint density at radius 1 is 0.969 bits per heavy atom. The summed E-state index contributed by atoms with van der Waals surface area (Å²) in [6, 6.07) is 10.1. The number of hydrogen-bond donors (Lipinski definition) is 0. The first-order chi connectivity index (χ1) is 15.1. The van der Waals surface area contributed by atoms with Crippen molar-refractivity contribution in [3.63, 3.8) is 0 Å². The first-order valence-corrected chi connectivity index (χ1v) is 14.3. The summed E-state index contributed by atoms with van der Waals surface area (Å²) < 4.78 is 18.2. The van der Waals surface area contributed by atoms with Crippen molar-refractivity contribution in [2.45, 2.75) is 45.5 Å². The number of ether oxygens (including phenoxy) is 2. The molecule has 0 amide bonds. The highest BCUT2D eigenvalue weighted by molar-refractivity contribution is 7.21. The van der Waals surface area contributed by atoms with Gasteiger partial charge >= 0.3 is 0 Å². The van der Waals surface area contributed by atoms with Gasteiger partial charge in [0, 0.05) is 5.56 Å². The summed E-state index contributed by atoms with van der Waals surface area (Å²) in [6.45, 7) is 11.8. The van der Waals surface area contributed by atoms with Crippen molar-refractivity contribution in [2.24, 2.45) is 0 Å². The molecule has 8 heteroatoms. The normalized spacial score (nSPS) is 12.5. The van der Waals surface area contributed by atoms with Gasteiger partial charge < -0.3 is 13.9 Å². The third kappa shape index (κ3) is 4.35. The van der Waals surface area contributed by atoms with Crippen molar-refractivity contribution in [3.05, 3.63) is 42.1 Å². The van der Waals surface area contributed by atoms with Gasteiger partial charge in [-0.2, -0.15) is 0 Å². The molecule has 0 bridgehead atoms. The topological polar surface area (TPSA) is 66.4 Å². The lowest BCUT2D eigenvalue weighted by Crippen LogP contribution is -2.40. The summed E-state index contributed by atoms with van der Waals surface area (Å²) in [4.78, 5) is 14.2. The van der Waals surface area contributed by atoms with Gasteiger partial charge in [0.25, 0.3) is 0 Å². The summed E-state index contributed by atoms with van der Waals surface area (Å²) in [5.74, 6) is 1.30. The zero-order valence-corrected chi connectivity index (χ0v) is 21.5. The fraction of sp³-hybridized carbons (Fsp3) is 0.375. The molecule has 0 aliphatic carbocycles. The van der Waals surface area contributed by atoms with Crippen LogP contribution in [0.2, 0.25) is 18.1 Å². The average Bonchev–Trinajstić information content (AvgIpc) is 3.19. The maximum atomic E-state index is 6.49. The van der Waals surface area contributed by atoms with Crippen LogP contribution in [0.1, 0.15) is 26.3 Å². The predicted octanol–water partition coefficient (Wildman–Crippen LogP) is 6.45. The fourth-order valence-corrected chi connectivity index (χ4v) is 5.11. The summed E-state index contributed by atoms with van der Waals surface area (Å²) in [5, 5.41) is 1.04. The molecule has 168 valence electrons. The molecule has 0 saturated heterocycles. The highest BCUT2D eigenvalue weighted by Gasteiger charge is 2.37. The van der Waals surface area contributed by atoms with Crippen LogP contribution in [0, 0.1) is 0 Å². The van der Waals surface area contributed by atoms with Gasteiger partial charge in [-0.1, -0.05) is 20.8 Å². The van der Waals surface area contributed by atoms with Crippen molar-refractivity contribution < 1.29 is 13.9 Å². The molecular weight excluding hydrogens is 438 g/mol. The molecule has 4 aromatic rings. The Balaban J connectivity index is 1.82. The highest BCUT2D eigenvalue weighted by atomic mass is 32.1. The van der Waals surface area contributed by atoms with Crippen molar-refractivity contribution in [1.82, 2.24) is 15.0 Å². The van der Waals surface area contributed by atoms with E-state index in [1.807, 2.05) is 24.3 Å². The Kier molecular flexibility index (Phi) is 5.96. The van der Waals surface area contributed by atoms with E-state index in [1.165, 1.54) is 0 Å². The Labute approximate surface area is 193 Å². The van der Waals surface area contributed by atoms with Crippen molar-refractivity contribution >= 4 is 40.9 Å². The quantitative estimate of drug-likeness (QED) is 0.304. The Hall–Kier alpha value is -2.55. The molecule has 0 unspecified atom stereocenters. The number of thiazole rings is 1. The zero-order valence-electron chi connectivity index (χ0n) is 19.6. The monoisotopic (exact) mass is 467 g/mol. The van der Waals surface area contributed by atoms with E-state index < -0.39 is 8.32 Å². The molecule has 32 heavy (non-hydrogen) atoms. The van der Waals surface area contributed by atoms with Crippen LogP contribution in [0.5, 0.6) is 11.6 Å². The number of fused-ring (bicyclic) bond motifs is 2. The standard InChI is InChI=1S/C24H29N3O3SSi/c1-24(2,3)32(6,7)30-14-15-10-17(22-19(11-15)26-21(29-5)13-25-22)23-27-18-9-8-16(28-4)12-20(18)31-23/h8-13H,14H2,1-7H3. The van der Waals surface area contributed by atoms with Crippen LogP contribution < -0.4 is 9.47 Å². The highest BCUT2D eigenvalue weighted by Crippen LogP contribution is 2.39. The first kappa shape index (κ1) is 22.6.